The largest absolute Gasteiger partial charge is 0.339 e. The number of likely N-dealkylation sites (tertiary alicyclic amines) is 1. The first-order valence-corrected chi connectivity index (χ1v) is 9.84. The number of urea groups is 1. The molecule has 1 aliphatic rings. The molecule has 0 spiro atoms. The minimum atomic E-state index is -0.265. The predicted molar refractivity (Wildman–Crippen MR) is 111 cm³/mol. The number of hydrogen-bond donors (Lipinski definition) is 2. The lowest BCUT2D eigenvalue weighted by Crippen LogP contribution is -2.31. The average molecular weight is 392 g/mol. The van der Waals surface area contributed by atoms with Gasteiger partial charge in [-0.3, -0.25) is 4.79 Å². The third-order valence-corrected chi connectivity index (χ3v) is 5.04. The van der Waals surface area contributed by atoms with Gasteiger partial charge in [-0.1, -0.05) is 17.3 Å². The Balaban J connectivity index is 1.35. The van der Waals surface area contributed by atoms with Gasteiger partial charge in [-0.25, -0.2) is 9.48 Å². The number of amides is 3. The van der Waals surface area contributed by atoms with Crippen molar-refractivity contribution in [1.29, 1.82) is 0 Å². The Morgan fingerprint density at radius 2 is 1.93 bits per heavy atom. The van der Waals surface area contributed by atoms with Gasteiger partial charge in [0, 0.05) is 30.9 Å². The maximum Gasteiger partial charge on any atom is 0.319 e. The molecule has 0 unspecified atom stereocenters. The number of nitrogens with zero attached hydrogens (tertiary/aromatic N) is 4. The van der Waals surface area contributed by atoms with E-state index >= 15 is 0 Å². The van der Waals surface area contributed by atoms with Crippen LogP contribution in [0.4, 0.5) is 10.5 Å². The fourth-order valence-electron chi connectivity index (χ4n) is 3.55. The molecule has 0 atom stereocenters. The molecule has 150 valence electrons. The maximum atomic E-state index is 12.5. The molecule has 8 heteroatoms. The quantitative estimate of drug-likeness (QED) is 0.698. The molecular formula is C21H24N6O2. The lowest BCUT2D eigenvalue weighted by molar-refractivity contribution is 0.0793. The summed E-state index contributed by atoms with van der Waals surface area (Å²) < 4.78 is 1.73. The van der Waals surface area contributed by atoms with Crippen LogP contribution in [0.25, 0.3) is 11.0 Å². The van der Waals surface area contributed by atoms with E-state index in [0.717, 1.165) is 42.7 Å². The van der Waals surface area contributed by atoms with Crippen molar-refractivity contribution in [2.24, 2.45) is 0 Å². The number of benzene rings is 2. The van der Waals surface area contributed by atoms with Crippen molar-refractivity contribution in [3.8, 4) is 0 Å². The van der Waals surface area contributed by atoms with Gasteiger partial charge < -0.3 is 15.5 Å². The van der Waals surface area contributed by atoms with Crippen molar-refractivity contribution in [3.05, 3.63) is 53.6 Å². The number of rotatable bonds is 5. The number of nitrogens with one attached hydrogen (secondary N) is 2. The highest BCUT2D eigenvalue weighted by molar-refractivity contribution is 5.97. The summed E-state index contributed by atoms with van der Waals surface area (Å²) in [6, 6.07) is 12.8. The third kappa shape index (κ3) is 4.37. The molecule has 0 radical (unpaired) electrons. The summed E-state index contributed by atoms with van der Waals surface area (Å²) in [5, 5.41) is 14.0. The number of hydrogen-bond acceptors (Lipinski definition) is 4. The summed E-state index contributed by atoms with van der Waals surface area (Å²) in [7, 11) is 0. The van der Waals surface area contributed by atoms with Crippen molar-refractivity contribution in [3.63, 3.8) is 0 Å². The van der Waals surface area contributed by atoms with Crippen LogP contribution in [-0.4, -0.2) is 51.5 Å². The molecule has 4 rings (SSSR count). The first-order valence-electron chi connectivity index (χ1n) is 9.84. The smallest absolute Gasteiger partial charge is 0.319 e. The van der Waals surface area contributed by atoms with Crippen LogP contribution in [0.1, 0.15) is 28.8 Å². The molecule has 1 aliphatic heterocycles. The topological polar surface area (TPSA) is 92.1 Å². The van der Waals surface area contributed by atoms with E-state index < -0.39 is 0 Å². The van der Waals surface area contributed by atoms with Crippen molar-refractivity contribution in [2.45, 2.75) is 26.3 Å². The zero-order chi connectivity index (χ0) is 20.2. The minimum absolute atomic E-state index is 0.0495. The lowest BCUT2D eigenvalue weighted by atomic mass is 10.1. The Hall–Kier alpha value is -3.42. The third-order valence-electron chi connectivity index (χ3n) is 5.04. The summed E-state index contributed by atoms with van der Waals surface area (Å²) in [4.78, 5) is 26.5. The van der Waals surface area contributed by atoms with Gasteiger partial charge in [0.2, 0.25) is 0 Å². The van der Waals surface area contributed by atoms with Crippen LogP contribution in [0.5, 0.6) is 0 Å². The van der Waals surface area contributed by atoms with Gasteiger partial charge in [-0.2, -0.15) is 0 Å². The fourth-order valence-corrected chi connectivity index (χ4v) is 3.55. The van der Waals surface area contributed by atoms with E-state index in [2.05, 4.69) is 20.9 Å². The molecule has 0 saturated carbocycles. The Morgan fingerprint density at radius 3 is 2.72 bits per heavy atom. The van der Waals surface area contributed by atoms with Crippen molar-refractivity contribution >= 4 is 28.7 Å². The van der Waals surface area contributed by atoms with E-state index in [1.54, 1.807) is 10.7 Å². The van der Waals surface area contributed by atoms with Gasteiger partial charge in [0.15, 0.2) is 0 Å². The summed E-state index contributed by atoms with van der Waals surface area (Å²) >= 11 is 0. The highest BCUT2D eigenvalue weighted by atomic mass is 16.2. The van der Waals surface area contributed by atoms with Gasteiger partial charge in [0.25, 0.3) is 5.91 Å². The van der Waals surface area contributed by atoms with Crippen LogP contribution in [0.3, 0.4) is 0 Å². The monoisotopic (exact) mass is 392 g/mol. The highest BCUT2D eigenvalue weighted by Crippen LogP contribution is 2.17. The van der Waals surface area contributed by atoms with E-state index in [-0.39, 0.29) is 11.9 Å². The predicted octanol–water partition coefficient (Wildman–Crippen LogP) is 2.80. The van der Waals surface area contributed by atoms with Gasteiger partial charge in [-0.15, -0.1) is 5.10 Å². The molecule has 1 aromatic heterocycles. The van der Waals surface area contributed by atoms with E-state index in [9.17, 15) is 9.59 Å². The zero-order valence-corrected chi connectivity index (χ0v) is 16.4. The Morgan fingerprint density at radius 1 is 1.10 bits per heavy atom. The second kappa shape index (κ2) is 8.30. The number of carbonyl (C=O) groups excluding carboxylic acids is 2. The van der Waals surface area contributed by atoms with E-state index in [0.29, 0.717) is 24.2 Å². The van der Waals surface area contributed by atoms with Gasteiger partial charge in [-0.05, 0) is 55.7 Å². The molecule has 3 amide bonds. The molecule has 3 aromatic rings. The molecule has 1 fully saturated rings. The normalized spacial score (nSPS) is 13.6. The van der Waals surface area contributed by atoms with Gasteiger partial charge in [0.05, 0.1) is 12.1 Å². The van der Waals surface area contributed by atoms with E-state index in [1.807, 2.05) is 48.2 Å². The van der Waals surface area contributed by atoms with Crippen molar-refractivity contribution in [1.82, 2.24) is 25.2 Å². The molecule has 2 heterocycles. The number of carbonyl (C=O) groups is 2. The summed E-state index contributed by atoms with van der Waals surface area (Å²) in [5.74, 6) is 0.0495. The van der Waals surface area contributed by atoms with E-state index in [4.69, 9.17) is 0 Å². The van der Waals surface area contributed by atoms with Crippen LogP contribution in [-0.2, 0) is 6.54 Å². The molecule has 2 aromatic carbocycles. The highest BCUT2D eigenvalue weighted by Gasteiger charge is 2.20. The maximum absolute atomic E-state index is 12.5. The summed E-state index contributed by atoms with van der Waals surface area (Å²) in [5.41, 5.74) is 3.99. The first kappa shape index (κ1) is 18.9. The number of anilines is 1. The molecule has 0 aliphatic carbocycles. The van der Waals surface area contributed by atoms with Crippen LogP contribution in [0.15, 0.2) is 42.5 Å². The summed E-state index contributed by atoms with van der Waals surface area (Å²) in [6.45, 7) is 4.50. The molecule has 1 saturated heterocycles. The number of fused-ring (bicyclic) bond motifs is 1. The second-order valence-corrected chi connectivity index (χ2v) is 7.27. The zero-order valence-electron chi connectivity index (χ0n) is 16.4. The Kier molecular flexibility index (Phi) is 5.41. The van der Waals surface area contributed by atoms with E-state index in [1.165, 1.54) is 0 Å². The number of aromatic nitrogens is 3. The average Bonchev–Trinajstić information content (AvgIpc) is 3.37. The van der Waals surface area contributed by atoms with Crippen LogP contribution in [0, 0.1) is 6.92 Å². The van der Waals surface area contributed by atoms with Crippen LogP contribution < -0.4 is 10.6 Å². The minimum Gasteiger partial charge on any atom is -0.339 e. The fraction of sp³-hybridized carbons (Fsp3) is 0.333. The van der Waals surface area contributed by atoms with Crippen molar-refractivity contribution < 1.29 is 9.59 Å². The molecule has 0 bridgehead atoms. The molecule has 29 heavy (non-hydrogen) atoms. The van der Waals surface area contributed by atoms with Crippen LogP contribution >= 0.6 is 0 Å². The summed E-state index contributed by atoms with van der Waals surface area (Å²) in [6.07, 6.45) is 2.13. The first-order chi connectivity index (χ1) is 14.1. The van der Waals surface area contributed by atoms with Gasteiger partial charge in [0.1, 0.15) is 5.52 Å². The second-order valence-electron chi connectivity index (χ2n) is 7.27. The van der Waals surface area contributed by atoms with Crippen LogP contribution in [0.2, 0.25) is 0 Å². The molecule has 8 nitrogen and oxygen atoms in total. The molecular weight excluding hydrogens is 368 g/mol. The molecule has 2 N–H and O–H groups in total. The Bertz CT molecular complexity index is 1040. The SMILES string of the molecule is Cc1cccc(NC(=O)NCCn2nnc3cc(C(=O)N4CCCC4)ccc32)c1. The number of aryl methyl sites for hydroxylation is 1. The standard InChI is InChI=1S/C21H24N6O2/c1-15-5-4-6-17(13-15)23-21(29)22-9-12-27-19-8-7-16(14-18(19)24-25-27)20(28)26-10-2-3-11-26/h4-8,13-14H,2-3,9-12H2,1H3,(H2,22,23,29). The lowest BCUT2D eigenvalue weighted by Gasteiger charge is -2.14. The van der Waals surface area contributed by atoms with Crippen molar-refractivity contribution in [2.75, 3.05) is 25.0 Å². The Labute approximate surface area is 168 Å². The van der Waals surface area contributed by atoms with Gasteiger partial charge >= 0.3 is 6.03 Å².